The summed E-state index contributed by atoms with van der Waals surface area (Å²) >= 11 is 0. The average Bonchev–Trinajstić information content (AvgIpc) is 2.73. The number of fused-ring (bicyclic) bond motifs is 1. The summed E-state index contributed by atoms with van der Waals surface area (Å²) < 4.78 is 6.79. The van der Waals surface area contributed by atoms with E-state index < -0.39 is 0 Å². The van der Waals surface area contributed by atoms with Gasteiger partial charge in [-0.05, 0) is 62.1 Å². The van der Waals surface area contributed by atoms with Crippen molar-refractivity contribution < 1.29 is 4.74 Å². The van der Waals surface area contributed by atoms with Gasteiger partial charge in [-0.2, -0.15) is 5.10 Å². The fraction of sp³-hybridized carbons (Fsp3) is 0.286. The minimum atomic E-state index is -0.128. The third kappa shape index (κ3) is 3.56. The number of nitrogens with zero attached hydrogens (tertiary/aromatic N) is 3. The summed E-state index contributed by atoms with van der Waals surface area (Å²) in [6, 6.07) is 14.7. The van der Waals surface area contributed by atoms with Gasteiger partial charge in [0.25, 0.3) is 5.56 Å². The summed E-state index contributed by atoms with van der Waals surface area (Å²) in [5.41, 5.74) is 5.42. The van der Waals surface area contributed by atoms with Crippen molar-refractivity contribution in [3.05, 3.63) is 58.9 Å². The largest absolute Gasteiger partial charge is 0.497 e. The first-order valence-electron chi connectivity index (χ1n) is 9.24. The van der Waals surface area contributed by atoms with Gasteiger partial charge >= 0.3 is 0 Å². The number of nitrogens with one attached hydrogen (secondary N) is 1. The lowest BCUT2D eigenvalue weighted by Gasteiger charge is -2.15. The van der Waals surface area contributed by atoms with E-state index in [-0.39, 0.29) is 5.56 Å². The monoisotopic (exact) mass is 362 g/mol. The summed E-state index contributed by atoms with van der Waals surface area (Å²) in [5, 5.41) is 5.11. The lowest BCUT2D eigenvalue weighted by Crippen LogP contribution is -2.23. The summed E-state index contributed by atoms with van der Waals surface area (Å²) in [7, 11) is 1.62. The maximum Gasteiger partial charge on any atom is 0.267 e. The van der Waals surface area contributed by atoms with Crippen molar-refractivity contribution in [3.8, 4) is 11.4 Å². The molecule has 0 bridgehead atoms. The Morgan fingerprint density at radius 3 is 2.52 bits per heavy atom. The van der Waals surface area contributed by atoms with Gasteiger partial charge in [0, 0.05) is 5.71 Å². The Labute approximate surface area is 157 Å². The fourth-order valence-corrected chi connectivity index (χ4v) is 3.38. The zero-order valence-electron chi connectivity index (χ0n) is 15.3. The number of rotatable bonds is 4. The van der Waals surface area contributed by atoms with E-state index in [2.05, 4.69) is 15.5 Å². The van der Waals surface area contributed by atoms with Crippen molar-refractivity contribution in [1.82, 2.24) is 9.55 Å². The van der Waals surface area contributed by atoms with E-state index in [1.54, 1.807) is 17.7 Å². The van der Waals surface area contributed by atoms with Crippen molar-refractivity contribution in [1.29, 1.82) is 0 Å². The predicted octanol–water partition coefficient (Wildman–Crippen LogP) is 4.13. The number of benzene rings is 2. The number of hydrazone groups is 1. The van der Waals surface area contributed by atoms with Gasteiger partial charge in [0.05, 0.1) is 23.7 Å². The molecule has 0 amide bonds. The van der Waals surface area contributed by atoms with Gasteiger partial charge in [-0.1, -0.05) is 18.6 Å². The smallest absolute Gasteiger partial charge is 0.267 e. The molecule has 3 aromatic rings. The molecule has 2 aromatic carbocycles. The van der Waals surface area contributed by atoms with E-state index in [9.17, 15) is 4.79 Å². The quantitative estimate of drug-likeness (QED) is 0.709. The molecule has 4 rings (SSSR count). The molecule has 0 aliphatic heterocycles. The summed E-state index contributed by atoms with van der Waals surface area (Å²) in [5.74, 6) is 1.15. The molecule has 1 saturated carbocycles. The van der Waals surface area contributed by atoms with Gasteiger partial charge in [0.1, 0.15) is 5.75 Å². The van der Waals surface area contributed by atoms with E-state index in [1.165, 1.54) is 6.42 Å². The SMILES string of the molecule is COc1ccc(-n2c(NN=C3CCCCC3)nc3ccccc3c2=O)cc1. The highest BCUT2D eigenvalue weighted by Crippen LogP contribution is 2.20. The lowest BCUT2D eigenvalue weighted by atomic mass is 9.99. The summed E-state index contributed by atoms with van der Waals surface area (Å²) in [4.78, 5) is 17.8. The van der Waals surface area contributed by atoms with Gasteiger partial charge in [0.15, 0.2) is 0 Å². The standard InChI is InChI=1S/C21H22N4O2/c1-27-17-13-11-16(12-14-17)25-20(26)18-9-5-6-10-19(18)22-21(25)24-23-15-7-3-2-4-8-15/h5-6,9-14H,2-4,7-8H2,1H3,(H,22,24). The Morgan fingerprint density at radius 2 is 1.78 bits per heavy atom. The van der Waals surface area contributed by atoms with E-state index in [0.717, 1.165) is 37.1 Å². The van der Waals surface area contributed by atoms with Gasteiger partial charge in [-0.25, -0.2) is 15.0 Å². The van der Waals surface area contributed by atoms with Crippen LogP contribution in [0.3, 0.4) is 0 Å². The van der Waals surface area contributed by atoms with Crippen LogP contribution in [0.1, 0.15) is 32.1 Å². The summed E-state index contributed by atoms with van der Waals surface area (Å²) in [6.45, 7) is 0. The molecule has 0 atom stereocenters. The van der Waals surface area contributed by atoms with Crippen molar-refractivity contribution >= 4 is 22.6 Å². The highest BCUT2D eigenvalue weighted by atomic mass is 16.5. The molecule has 1 aliphatic carbocycles. The number of anilines is 1. The zero-order chi connectivity index (χ0) is 18.6. The van der Waals surface area contributed by atoms with Crippen LogP contribution in [-0.4, -0.2) is 22.4 Å². The predicted molar refractivity (Wildman–Crippen MR) is 108 cm³/mol. The Kier molecular flexibility index (Phi) is 4.87. The van der Waals surface area contributed by atoms with Crippen molar-refractivity contribution in [3.63, 3.8) is 0 Å². The van der Waals surface area contributed by atoms with Gasteiger partial charge in [-0.15, -0.1) is 0 Å². The number of ether oxygens (including phenoxy) is 1. The van der Waals surface area contributed by atoms with E-state index in [4.69, 9.17) is 4.74 Å². The van der Waals surface area contributed by atoms with Crippen molar-refractivity contribution in [2.45, 2.75) is 32.1 Å². The first-order chi connectivity index (χ1) is 13.3. The van der Waals surface area contributed by atoms with Gasteiger partial charge < -0.3 is 4.74 Å². The molecule has 0 unspecified atom stereocenters. The molecule has 1 heterocycles. The fourth-order valence-electron chi connectivity index (χ4n) is 3.38. The Bertz CT molecular complexity index is 1030. The molecule has 6 heteroatoms. The third-order valence-electron chi connectivity index (χ3n) is 4.85. The second-order valence-corrected chi connectivity index (χ2v) is 6.64. The molecule has 27 heavy (non-hydrogen) atoms. The van der Waals surface area contributed by atoms with Crippen molar-refractivity contribution in [2.75, 3.05) is 12.5 Å². The minimum absolute atomic E-state index is 0.128. The number of aromatic nitrogens is 2. The van der Waals surface area contributed by atoms with Crippen LogP contribution in [0, 0.1) is 0 Å². The summed E-state index contributed by atoms with van der Waals surface area (Å²) in [6.07, 6.45) is 5.57. The first kappa shape index (κ1) is 17.3. The molecular formula is C21H22N4O2. The molecule has 6 nitrogen and oxygen atoms in total. The molecule has 1 N–H and O–H groups in total. The zero-order valence-corrected chi connectivity index (χ0v) is 15.3. The number of methoxy groups -OCH3 is 1. The van der Waals surface area contributed by atoms with Crippen LogP contribution in [0.15, 0.2) is 58.4 Å². The molecule has 1 aliphatic rings. The Balaban J connectivity index is 1.83. The Hall–Kier alpha value is -3.15. The molecule has 138 valence electrons. The normalized spacial score (nSPS) is 14.2. The number of hydrogen-bond acceptors (Lipinski definition) is 5. The number of hydrogen-bond donors (Lipinski definition) is 1. The van der Waals surface area contributed by atoms with E-state index in [1.807, 2.05) is 42.5 Å². The second kappa shape index (κ2) is 7.61. The molecule has 0 saturated heterocycles. The van der Waals surface area contributed by atoms with E-state index >= 15 is 0 Å². The molecule has 0 spiro atoms. The van der Waals surface area contributed by atoms with Gasteiger partial charge in [0.2, 0.25) is 5.95 Å². The Morgan fingerprint density at radius 1 is 1.04 bits per heavy atom. The highest BCUT2D eigenvalue weighted by molar-refractivity contribution is 5.85. The average molecular weight is 362 g/mol. The van der Waals surface area contributed by atoms with Crippen LogP contribution in [0.4, 0.5) is 5.95 Å². The third-order valence-corrected chi connectivity index (χ3v) is 4.85. The maximum absolute atomic E-state index is 13.2. The molecule has 1 aromatic heterocycles. The van der Waals surface area contributed by atoms with Crippen LogP contribution in [-0.2, 0) is 0 Å². The molecular weight excluding hydrogens is 340 g/mol. The second-order valence-electron chi connectivity index (χ2n) is 6.64. The molecule has 1 fully saturated rings. The topological polar surface area (TPSA) is 68.5 Å². The van der Waals surface area contributed by atoms with E-state index in [0.29, 0.717) is 22.5 Å². The van der Waals surface area contributed by atoms with Gasteiger partial charge in [-0.3, -0.25) is 4.79 Å². The maximum atomic E-state index is 13.2. The van der Waals surface area contributed by atoms with Crippen LogP contribution >= 0.6 is 0 Å². The van der Waals surface area contributed by atoms with Crippen LogP contribution in [0.5, 0.6) is 5.75 Å². The first-order valence-corrected chi connectivity index (χ1v) is 9.24. The van der Waals surface area contributed by atoms with Crippen molar-refractivity contribution in [2.24, 2.45) is 5.10 Å². The lowest BCUT2D eigenvalue weighted by molar-refractivity contribution is 0.414. The van der Waals surface area contributed by atoms with Crippen LogP contribution in [0.2, 0.25) is 0 Å². The van der Waals surface area contributed by atoms with Crippen LogP contribution in [0.25, 0.3) is 16.6 Å². The minimum Gasteiger partial charge on any atom is -0.497 e. The molecule has 0 radical (unpaired) electrons. The highest BCUT2D eigenvalue weighted by Gasteiger charge is 2.13. The number of para-hydroxylation sites is 1. The van der Waals surface area contributed by atoms with Crippen LogP contribution < -0.4 is 15.7 Å².